The lowest BCUT2D eigenvalue weighted by atomic mass is 10.00. The van der Waals surface area contributed by atoms with Gasteiger partial charge in [-0.2, -0.15) is 0 Å². The van der Waals surface area contributed by atoms with E-state index in [4.69, 9.17) is 11.6 Å². The van der Waals surface area contributed by atoms with Crippen molar-refractivity contribution < 1.29 is 9.50 Å². The fraction of sp³-hybridized carbons (Fsp3) is 0.200. The van der Waals surface area contributed by atoms with Gasteiger partial charge < -0.3 is 5.11 Å². The summed E-state index contributed by atoms with van der Waals surface area (Å²) >= 11 is 9.05. The zero-order valence-electron chi connectivity index (χ0n) is 10.3. The highest BCUT2D eigenvalue weighted by atomic mass is 79.9. The fourth-order valence-electron chi connectivity index (χ4n) is 1.92. The molecule has 1 unspecified atom stereocenters. The maximum Gasteiger partial charge on any atom is 0.142 e. The molecular formula is C15H13BrClFO. The van der Waals surface area contributed by atoms with Crippen molar-refractivity contribution in [1.29, 1.82) is 0 Å². The molecule has 0 aliphatic rings. The highest BCUT2D eigenvalue weighted by Gasteiger charge is 2.13. The number of aliphatic hydroxyl groups is 1. The summed E-state index contributed by atoms with van der Waals surface area (Å²) in [5.41, 5.74) is 2.58. The van der Waals surface area contributed by atoms with Crippen molar-refractivity contribution in [3.8, 4) is 0 Å². The van der Waals surface area contributed by atoms with Gasteiger partial charge >= 0.3 is 0 Å². The number of hydrogen-bond acceptors (Lipinski definition) is 1. The van der Waals surface area contributed by atoms with Gasteiger partial charge in [-0.3, -0.25) is 0 Å². The summed E-state index contributed by atoms with van der Waals surface area (Å²) in [7, 11) is 0. The van der Waals surface area contributed by atoms with Crippen molar-refractivity contribution in [2.75, 3.05) is 0 Å². The highest BCUT2D eigenvalue weighted by molar-refractivity contribution is 9.10. The van der Waals surface area contributed by atoms with Crippen molar-refractivity contribution in [2.24, 2.45) is 0 Å². The van der Waals surface area contributed by atoms with Gasteiger partial charge in [0.05, 0.1) is 11.1 Å². The zero-order valence-corrected chi connectivity index (χ0v) is 12.7. The van der Waals surface area contributed by atoms with Gasteiger partial charge in [0.1, 0.15) is 5.82 Å². The van der Waals surface area contributed by atoms with Crippen molar-refractivity contribution in [3.05, 3.63) is 68.4 Å². The predicted molar refractivity (Wildman–Crippen MR) is 79.0 cm³/mol. The zero-order chi connectivity index (χ0) is 14.0. The van der Waals surface area contributed by atoms with Crippen molar-refractivity contribution in [3.63, 3.8) is 0 Å². The number of hydrogen-bond donors (Lipinski definition) is 1. The van der Waals surface area contributed by atoms with Gasteiger partial charge in [-0.15, -0.1) is 0 Å². The van der Waals surface area contributed by atoms with E-state index in [1.807, 2.05) is 25.1 Å². The number of rotatable bonds is 3. The topological polar surface area (TPSA) is 20.2 Å². The molecule has 0 saturated carbocycles. The van der Waals surface area contributed by atoms with Crippen LogP contribution < -0.4 is 0 Å². The number of aryl methyl sites for hydroxylation is 1. The normalized spacial score (nSPS) is 12.5. The van der Waals surface area contributed by atoms with Crippen molar-refractivity contribution in [1.82, 2.24) is 0 Å². The van der Waals surface area contributed by atoms with E-state index in [1.165, 1.54) is 12.1 Å². The largest absolute Gasteiger partial charge is 0.388 e. The van der Waals surface area contributed by atoms with E-state index in [-0.39, 0.29) is 5.02 Å². The monoisotopic (exact) mass is 342 g/mol. The SMILES string of the molecule is Cc1ccc(Br)c(C(O)Cc2ccc(Cl)c(F)c2)c1. The molecule has 0 saturated heterocycles. The first-order valence-electron chi connectivity index (χ1n) is 5.85. The number of benzene rings is 2. The molecule has 1 N–H and O–H groups in total. The third kappa shape index (κ3) is 3.56. The molecule has 100 valence electrons. The fourth-order valence-corrected chi connectivity index (χ4v) is 2.55. The predicted octanol–water partition coefficient (Wildman–Crippen LogP) is 4.83. The van der Waals surface area contributed by atoms with Crippen LogP contribution in [0, 0.1) is 12.7 Å². The average molecular weight is 344 g/mol. The molecule has 2 aromatic rings. The molecular weight excluding hydrogens is 331 g/mol. The second kappa shape index (κ2) is 6.04. The number of halogens is 3. The molecule has 0 bridgehead atoms. The van der Waals surface area contributed by atoms with Gasteiger partial charge in [-0.05, 0) is 36.2 Å². The Morgan fingerprint density at radius 2 is 2.00 bits per heavy atom. The smallest absolute Gasteiger partial charge is 0.142 e. The lowest BCUT2D eigenvalue weighted by Crippen LogP contribution is -2.03. The molecule has 0 heterocycles. The van der Waals surface area contributed by atoms with Gasteiger partial charge in [0, 0.05) is 10.9 Å². The second-order valence-corrected chi connectivity index (χ2v) is 5.75. The summed E-state index contributed by atoms with van der Waals surface area (Å²) in [6, 6.07) is 10.4. The van der Waals surface area contributed by atoms with E-state index in [0.717, 1.165) is 15.6 Å². The summed E-state index contributed by atoms with van der Waals surface area (Å²) in [6.45, 7) is 1.96. The van der Waals surface area contributed by atoms with Crippen LogP contribution in [0.4, 0.5) is 4.39 Å². The van der Waals surface area contributed by atoms with Crippen LogP contribution in [0.15, 0.2) is 40.9 Å². The number of aliphatic hydroxyl groups excluding tert-OH is 1. The quantitative estimate of drug-likeness (QED) is 0.846. The van der Waals surface area contributed by atoms with Gasteiger partial charge in [0.25, 0.3) is 0 Å². The third-order valence-corrected chi connectivity index (χ3v) is 3.95. The first kappa shape index (κ1) is 14.5. The Hall–Kier alpha value is -0.900. The first-order valence-corrected chi connectivity index (χ1v) is 7.02. The summed E-state index contributed by atoms with van der Waals surface area (Å²) in [4.78, 5) is 0. The van der Waals surface area contributed by atoms with Crippen LogP contribution in [-0.4, -0.2) is 5.11 Å². The molecule has 1 atom stereocenters. The van der Waals surface area contributed by atoms with Crippen LogP contribution in [0.1, 0.15) is 22.8 Å². The van der Waals surface area contributed by atoms with Crippen LogP contribution in [0.2, 0.25) is 5.02 Å². The van der Waals surface area contributed by atoms with Crippen LogP contribution >= 0.6 is 27.5 Å². The molecule has 0 aliphatic carbocycles. The van der Waals surface area contributed by atoms with E-state index in [1.54, 1.807) is 6.07 Å². The van der Waals surface area contributed by atoms with Crippen LogP contribution in [0.25, 0.3) is 0 Å². The van der Waals surface area contributed by atoms with Gasteiger partial charge in [0.2, 0.25) is 0 Å². The van der Waals surface area contributed by atoms with Crippen molar-refractivity contribution >= 4 is 27.5 Å². The van der Waals surface area contributed by atoms with Gasteiger partial charge in [-0.25, -0.2) is 4.39 Å². The molecule has 19 heavy (non-hydrogen) atoms. The van der Waals surface area contributed by atoms with E-state index in [0.29, 0.717) is 12.0 Å². The molecule has 0 spiro atoms. The second-order valence-electron chi connectivity index (χ2n) is 4.49. The van der Waals surface area contributed by atoms with Gasteiger partial charge in [-0.1, -0.05) is 51.3 Å². The summed E-state index contributed by atoms with van der Waals surface area (Å²) in [5, 5.41) is 10.3. The summed E-state index contributed by atoms with van der Waals surface area (Å²) in [5.74, 6) is -0.463. The third-order valence-electron chi connectivity index (χ3n) is 2.92. The Kier molecular flexibility index (Phi) is 4.61. The Morgan fingerprint density at radius 1 is 1.26 bits per heavy atom. The molecule has 2 rings (SSSR count). The molecule has 0 radical (unpaired) electrons. The molecule has 0 fully saturated rings. The molecule has 2 aromatic carbocycles. The Labute approximate surface area is 125 Å². The molecule has 0 aliphatic heterocycles. The lowest BCUT2D eigenvalue weighted by molar-refractivity contribution is 0.177. The average Bonchev–Trinajstić information content (AvgIpc) is 2.36. The Bertz CT molecular complexity index is 601. The minimum Gasteiger partial charge on any atom is -0.388 e. The van der Waals surface area contributed by atoms with Crippen LogP contribution in [0.3, 0.4) is 0 Å². The molecule has 0 amide bonds. The van der Waals surface area contributed by atoms with Gasteiger partial charge in [0.15, 0.2) is 0 Å². The molecule has 1 nitrogen and oxygen atoms in total. The van der Waals surface area contributed by atoms with Crippen LogP contribution in [0.5, 0.6) is 0 Å². The maximum absolute atomic E-state index is 13.4. The minimum absolute atomic E-state index is 0.0926. The van der Waals surface area contributed by atoms with E-state index < -0.39 is 11.9 Å². The minimum atomic E-state index is -0.685. The molecule has 0 aromatic heterocycles. The van der Waals surface area contributed by atoms with Crippen LogP contribution in [-0.2, 0) is 6.42 Å². The molecule has 4 heteroatoms. The van der Waals surface area contributed by atoms with Crippen molar-refractivity contribution in [2.45, 2.75) is 19.4 Å². The van der Waals surface area contributed by atoms with E-state index in [9.17, 15) is 9.50 Å². The van der Waals surface area contributed by atoms with E-state index >= 15 is 0 Å². The Balaban J connectivity index is 2.22. The summed E-state index contributed by atoms with van der Waals surface area (Å²) < 4.78 is 14.2. The highest BCUT2D eigenvalue weighted by Crippen LogP contribution is 2.28. The first-order chi connectivity index (χ1) is 8.97. The standard InChI is InChI=1S/C15H13BrClFO/c1-9-2-4-12(16)11(6-9)15(19)8-10-3-5-13(17)14(18)7-10/h2-7,15,19H,8H2,1H3. The lowest BCUT2D eigenvalue weighted by Gasteiger charge is -2.14. The summed E-state index contributed by atoms with van der Waals surface area (Å²) in [6.07, 6.45) is -0.342. The maximum atomic E-state index is 13.4. The van der Waals surface area contributed by atoms with E-state index in [2.05, 4.69) is 15.9 Å². The Morgan fingerprint density at radius 3 is 2.68 bits per heavy atom.